The number of hydrogen-bond donors (Lipinski definition) is 0. The highest BCUT2D eigenvalue weighted by molar-refractivity contribution is 6.29. The second kappa shape index (κ2) is 5.51. The zero-order chi connectivity index (χ0) is 9.14. The first kappa shape index (κ1) is 12.8. The molecule has 0 aliphatic carbocycles. The maximum absolute atomic E-state index is 5.89. The molecule has 0 spiro atoms. The van der Waals surface area contributed by atoms with E-state index in [2.05, 4.69) is 18.4 Å². The molecule has 4 heteroatoms. The lowest BCUT2D eigenvalue weighted by atomic mass is 10.1. The highest BCUT2D eigenvalue weighted by atomic mass is 35.5. The number of halogens is 2. The van der Waals surface area contributed by atoms with Gasteiger partial charge in [-0.3, -0.25) is 0 Å². The predicted molar refractivity (Wildman–Crippen MR) is 50.1 cm³/mol. The van der Waals surface area contributed by atoms with Gasteiger partial charge in [0.15, 0.2) is 0 Å². The highest BCUT2D eigenvalue weighted by Gasteiger charge is 2.07. The normalized spacial score (nSPS) is 10.2. The second-order valence-corrected chi connectivity index (χ2v) is 3.99. The van der Waals surface area contributed by atoms with E-state index in [0.29, 0.717) is 0 Å². The average Bonchev–Trinajstić information content (AvgIpc) is 2.28. The lowest BCUT2D eigenvalue weighted by molar-refractivity contribution is -0.697. The smallest absolute Gasteiger partial charge is 0.244 e. The van der Waals surface area contributed by atoms with Crippen molar-refractivity contribution in [1.29, 1.82) is 0 Å². The topological polar surface area (TPSA) is 8.81 Å². The summed E-state index contributed by atoms with van der Waals surface area (Å²) in [5, 5.41) is 0.791. The number of rotatable bonds is 3. The summed E-state index contributed by atoms with van der Waals surface area (Å²) in [5.74, 6) is 0.747. The zero-order valence-electron chi connectivity index (χ0n) is 8.30. The molecule has 76 valence electrons. The molecule has 0 bridgehead atoms. The first-order valence-corrected chi connectivity index (χ1v) is 4.68. The monoisotopic (exact) mass is 222 g/mol. The van der Waals surface area contributed by atoms with Crippen molar-refractivity contribution in [2.45, 2.75) is 26.8 Å². The van der Waals surface area contributed by atoms with Crippen LogP contribution in [0, 0.1) is 5.92 Å². The molecule has 1 heterocycles. The van der Waals surface area contributed by atoms with Crippen LogP contribution >= 0.6 is 11.6 Å². The summed E-state index contributed by atoms with van der Waals surface area (Å²) in [6.07, 6.45) is 5.18. The fourth-order valence-electron chi connectivity index (χ4n) is 1.07. The van der Waals surface area contributed by atoms with E-state index < -0.39 is 0 Å². The summed E-state index contributed by atoms with van der Waals surface area (Å²) in [6.45, 7) is 5.51. The van der Waals surface area contributed by atoms with Crippen molar-refractivity contribution in [1.82, 2.24) is 4.57 Å². The number of nitrogens with zero attached hydrogens (tertiary/aromatic N) is 2. The third-order valence-corrected chi connectivity index (χ3v) is 2.26. The van der Waals surface area contributed by atoms with Crippen molar-refractivity contribution in [3.8, 4) is 0 Å². The fraction of sp³-hybridized carbons (Fsp3) is 0.667. The Hall–Kier alpha value is -0.210. The number of aryl methyl sites for hydroxylation is 2. The summed E-state index contributed by atoms with van der Waals surface area (Å²) in [7, 11) is 1.95. The van der Waals surface area contributed by atoms with E-state index in [-0.39, 0.29) is 12.4 Å². The third kappa shape index (κ3) is 4.01. The minimum absolute atomic E-state index is 0. The van der Waals surface area contributed by atoms with Crippen LogP contribution in [-0.4, -0.2) is 4.57 Å². The fourth-order valence-corrected chi connectivity index (χ4v) is 1.24. The molecule has 2 nitrogen and oxygen atoms in total. The van der Waals surface area contributed by atoms with Crippen molar-refractivity contribution in [2.24, 2.45) is 13.0 Å². The lowest BCUT2D eigenvalue weighted by Gasteiger charge is -1.99. The summed E-state index contributed by atoms with van der Waals surface area (Å²) in [6, 6.07) is 0. The molecule has 0 N–H and O–H groups in total. The largest absolute Gasteiger partial charge is 1.00 e. The van der Waals surface area contributed by atoms with Crippen LogP contribution in [0.1, 0.15) is 20.3 Å². The maximum atomic E-state index is 5.89. The molecule has 1 aromatic heterocycles. The molecule has 0 fully saturated rings. The first-order chi connectivity index (χ1) is 5.59. The molecule has 0 unspecified atom stereocenters. The highest BCUT2D eigenvalue weighted by Crippen LogP contribution is 2.03. The molecule has 0 aromatic carbocycles. The summed E-state index contributed by atoms with van der Waals surface area (Å²) in [5.41, 5.74) is 0. The van der Waals surface area contributed by atoms with Crippen molar-refractivity contribution >= 4 is 11.6 Å². The van der Waals surface area contributed by atoms with Gasteiger partial charge in [-0.2, -0.15) is 0 Å². The predicted octanol–water partition coefficient (Wildman–Crippen LogP) is -0.984. The molecule has 0 radical (unpaired) electrons. The summed E-state index contributed by atoms with van der Waals surface area (Å²) < 4.78 is 4.05. The maximum Gasteiger partial charge on any atom is 0.244 e. The Kier molecular flexibility index (Phi) is 5.42. The molecule has 1 aromatic rings. The van der Waals surface area contributed by atoms with Gasteiger partial charge in [0, 0.05) is 0 Å². The molecular weight excluding hydrogens is 207 g/mol. The minimum atomic E-state index is 0. The van der Waals surface area contributed by atoms with Gasteiger partial charge in [-0.1, -0.05) is 13.8 Å². The van der Waals surface area contributed by atoms with Crippen LogP contribution in [0.2, 0.25) is 5.15 Å². The van der Waals surface area contributed by atoms with Crippen LogP contribution < -0.4 is 17.0 Å². The van der Waals surface area contributed by atoms with E-state index in [1.165, 1.54) is 6.42 Å². The standard InChI is InChI=1S/C9H16ClN2.ClH/c1-8(2)4-5-12-6-9(10)11(3)7-12;/h6-8H,4-5H2,1-3H3;1H/q+1;/p-1. The van der Waals surface area contributed by atoms with Crippen LogP contribution in [0.25, 0.3) is 0 Å². The van der Waals surface area contributed by atoms with E-state index in [4.69, 9.17) is 11.6 Å². The Balaban J connectivity index is 0.00000144. The quantitative estimate of drug-likeness (QED) is 0.582. The van der Waals surface area contributed by atoms with Gasteiger partial charge in [-0.15, -0.1) is 0 Å². The van der Waals surface area contributed by atoms with Gasteiger partial charge in [-0.25, -0.2) is 9.13 Å². The second-order valence-electron chi connectivity index (χ2n) is 3.60. The van der Waals surface area contributed by atoms with Crippen LogP contribution in [-0.2, 0) is 13.6 Å². The van der Waals surface area contributed by atoms with Crippen molar-refractivity contribution < 1.29 is 17.0 Å². The van der Waals surface area contributed by atoms with E-state index in [1.54, 1.807) is 0 Å². The molecule has 0 amide bonds. The van der Waals surface area contributed by atoms with Crippen molar-refractivity contribution in [2.75, 3.05) is 0 Å². The van der Waals surface area contributed by atoms with Gasteiger partial charge >= 0.3 is 0 Å². The van der Waals surface area contributed by atoms with Gasteiger partial charge in [0.1, 0.15) is 6.20 Å². The molecule has 0 saturated heterocycles. The number of aromatic nitrogens is 2. The van der Waals surface area contributed by atoms with Crippen LogP contribution in [0.4, 0.5) is 0 Å². The molecular formula is C9H16Cl2N2. The van der Waals surface area contributed by atoms with Crippen LogP contribution in [0.5, 0.6) is 0 Å². The molecule has 0 aliphatic heterocycles. The van der Waals surface area contributed by atoms with E-state index >= 15 is 0 Å². The van der Waals surface area contributed by atoms with Gasteiger partial charge in [0.25, 0.3) is 0 Å². The zero-order valence-corrected chi connectivity index (χ0v) is 9.81. The third-order valence-electron chi connectivity index (χ3n) is 1.90. The molecule has 0 saturated carbocycles. The van der Waals surface area contributed by atoms with Gasteiger partial charge in [-0.05, 0) is 23.9 Å². The number of imidazole rings is 1. The summed E-state index contributed by atoms with van der Waals surface area (Å²) >= 11 is 5.89. The summed E-state index contributed by atoms with van der Waals surface area (Å²) in [4.78, 5) is 0. The first-order valence-electron chi connectivity index (χ1n) is 4.30. The molecule has 13 heavy (non-hydrogen) atoms. The SMILES string of the molecule is CC(C)CC[n+]1cc(Cl)n(C)c1.[Cl-]. The van der Waals surface area contributed by atoms with Crippen LogP contribution in [0.3, 0.4) is 0 Å². The Morgan fingerprint density at radius 1 is 1.54 bits per heavy atom. The van der Waals surface area contributed by atoms with E-state index in [9.17, 15) is 0 Å². The van der Waals surface area contributed by atoms with Gasteiger partial charge in [0.2, 0.25) is 11.5 Å². The molecule has 1 rings (SSSR count). The Morgan fingerprint density at radius 3 is 2.54 bits per heavy atom. The Morgan fingerprint density at radius 2 is 2.15 bits per heavy atom. The van der Waals surface area contributed by atoms with Crippen LogP contribution in [0.15, 0.2) is 12.5 Å². The van der Waals surface area contributed by atoms with Gasteiger partial charge < -0.3 is 12.4 Å². The van der Waals surface area contributed by atoms with Crippen molar-refractivity contribution in [3.05, 3.63) is 17.7 Å². The lowest BCUT2D eigenvalue weighted by Crippen LogP contribution is -3.00. The molecule has 0 atom stereocenters. The van der Waals surface area contributed by atoms with E-state index in [0.717, 1.165) is 17.6 Å². The Bertz CT molecular complexity index is 237. The minimum Gasteiger partial charge on any atom is -1.00 e. The van der Waals surface area contributed by atoms with Crippen molar-refractivity contribution in [3.63, 3.8) is 0 Å². The molecule has 0 aliphatic rings. The van der Waals surface area contributed by atoms with E-state index in [1.807, 2.05) is 24.1 Å². The number of hydrogen-bond acceptors (Lipinski definition) is 0. The Labute approximate surface area is 90.9 Å². The van der Waals surface area contributed by atoms with Gasteiger partial charge in [0.05, 0.1) is 13.6 Å². The average molecular weight is 223 g/mol.